The minimum Gasteiger partial charge on any atom is -0.406 e. The van der Waals surface area contributed by atoms with Gasteiger partial charge in [-0.05, 0) is 24.3 Å². The molecule has 2 N–H and O–H groups in total. The molecule has 0 bridgehead atoms. The molecule has 2 rings (SSSR count). The molecule has 0 saturated heterocycles. The quantitative estimate of drug-likeness (QED) is 0.879. The van der Waals surface area contributed by atoms with E-state index in [0.29, 0.717) is 5.56 Å². The number of halogens is 3. The zero-order valence-electron chi connectivity index (χ0n) is 10.4. The lowest BCUT2D eigenvalue weighted by molar-refractivity contribution is -0.274. The molecule has 1 heterocycles. The molecule has 0 aliphatic carbocycles. The number of nitrogens with one attached hydrogen (secondary N) is 2. The first-order valence-electron chi connectivity index (χ1n) is 5.59. The van der Waals surface area contributed by atoms with Gasteiger partial charge in [-0.1, -0.05) is 0 Å². The summed E-state index contributed by atoms with van der Waals surface area (Å²) in [6, 6.07) is 3.91. The Hall–Kier alpha value is -2.07. The van der Waals surface area contributed by atoms with Crippen LogP contribution < -0.4 is 9.46 Å². The molecule has 0 aliphatic rings. The van der Waals surface area contributed by atoms with Gasteiger partial charge in [0.2, 0.25) is 10.0 Å². The number of hydrogen-bond donors (Lipinski definition) is 2. The topological polar surface area (TPSA) is 84.1 Å². The van der Waals surface area contributed by atoms with Crippen molar-refractivity contribution in [3.05, 3.63) is 42.2 Å². The van der Waals surface area contributed by atoms with Crippen molar-refractivity contribution in [3.8, 4) is 5.75 Å². The van der Waals surface area contributed by atoms with Crippen molar-refractivity contribution in [1.82, 2.24) is 14.9 Å². The zero-order chi connectivity index (χ0) is 15.5. The van der Waals surface area contributed by atoms with Crippen LogP contribution in [0.4, 0.5) is 13.2 Å². The number of nitrogens with zero attached hydrogens (tertiary/aromatic N) is 1. The molecule has 0 unspecified atom stereocenters. The average molecular weight is 321 g/mol. The number of aromatic amines is 1. The molecular formula is C11H10F3N3O3S. The molecule has 0 atom stereocenters. The number of sulfonamides is 1. The molecule has 0 radical (unpaired) electrons. The lowest BCUT2D eigenvalue weighted by Gasteiger charge is -2.10. The first-order chi connectivity index (χ1) is 9.76. The Bertz CT molecular complexity index is 682. The summed E-state index contributed by atoms with van der Waals surface area (Å²) in [7, 11) is -3.83. The summed E-state index contributed by atoms with van der Waals surface area (Å²) in [5, 5.41) is 6.19. The molecule has 0 amide bonds. The predicted octanol–water partition coefficient (Wildman–Crippen LogP) is 1.79. The number of aromatic nitrogens is 2. The first kappa shape index (κ1) is 15.3. The summed E-state index contributed by atoms with van der Waals surface area (Å²) in [4.78, 5) is -0.166. The molecule has 2 aromatic rings. The van der Waals surface area contributed by atoms with Crippen LogP contribution in [-0.4, -0.2) is 25.0 Å². The minimum atomic E-state index is -4.82. The maximum atomic E-state index is 12.0. The largest absolute Gasteiger partial charge is 0.573 e. The van der Waals surface area contributed by atoms with E-state index in [1.165, 1.54) is 12.4 Å². The molecule has 6 nitrogen and oxygen atoms in total. The number of ether oxygens (including phenoxy) is 1. The molecule has 0 aliphatic heterocycles. The van der Waals surface area contributed by atoms with Gasteiger partial charge in [-0.3, -0.25) is 5.10 Å². The fraction of sp³-hybridized carbons (Fsp3) is 0.182. The fourth-order valence-corrected chi connectivity index (χ4v) is 2.47. The summed E-state index contributed by atoms with van der Waals surface area (Å²) in [6.45, 7) is 0.0135. The van der Waals surface area contributed by atoms with Gasteiger partial charge in [0.1, 0.15) is 5.75 Å². The van der Waals surface area contributed by atoms with Crippen molar-refractivity contribution < 1.29 is 26.3 Å². The monoisotopic (exact) mass is 321 g/mol. The summed E-state index contributed by atoms with van der Waals surface area (Å²) in [5.41, 5.74) is 0.621. The Morgan fingerprint density at radius 3 is 2.43 bits per heavy atom. The second-order valence-electron chi connectivity index (χ2n) is 3.95. The average Bonchev–Trinajstić information content (AvgIpc) is 2.88. The second kappa shape index (κ2) is 5.74. The molecule has 10 heteroatoms. The first-order valence-corrected chi connectivity index (χ1v) is 7.08. The molecule has 1 aromatic carbocycles. The van der Waals surface area contributed by atoms with Crippen LogP contribution in [0, 0.1) is 0 Å². The summed E-state index contributed by atoms with van der Waals surface area (Å²) in [5.74, 6) is -0.490. The Kier molecular flexibility index (Phi) is 4.19. The van der Waals surface area contributed by atoms with E-state index in [1.807, 2.05) is 0 Å². The van der Waals surface area contributed by atoms with Crippen LogP contribution in [0.25, 0.3) is 0 Å². The fourth-order valence-electron chi connectivity index (χ4n) is 1.46. The molecule has 1 aromatic heterocycles. The highest BCUT2D eigenvalue weighted by Gasteiger charge is 2.31. The Morgan fingerprint density at radius 1 is 1.24 bits per heavy atom. The number of hydrogen-bond acceptors (Lipinski definition) is 4. The van der Waals surface area contributed by atoms with Crippen molar-refractivity contribution in [2.24, 2.45) is 0 Å². The van der Waals surface area contributed by atoms with E-state index in [4.69, 9.17) is 0 Å². The number of alkyl halides is 3. The van der Waals surface area contributed by atoms with Gasteiger partial charge >= 0.3 is 6.36 Å². The SMILES string of the molecule is O=S(=O)(NCc1cn[nH]c1)c1ccc(OC(F)(F)F)cc1. The Labute approximate surface area is 118 Å². The van der Waals surface area contributed by atoms with Gasteiger partial charge in [-0.25, -0.2) is 13.1 Å². The standard InChI is InChI=1S/C11H10F3N3O3S/c12-11(13,14)20-9-1-3-10(4-2-9)21(18,19)17-7-8-5-15-16-6-8/h1-6,17H,7H2,(H,15,16). The van der Waals surface area contributed by atoms with E-state index in [0.717, 1.165) is 24.3 Å². The van der Waals surface area contributed by atoms with Crippen molar-refractivity contribution >= 4 is 10.0 Å². The molecule has 0 saturated carbocycles. The van der Waals surface area contributed by atoms with Crippen LogP contribution in [0.5, 0.6) is 5.75 Å². The lowest BCUT2D eigenvalue weighted by Crippen LogP contribution is -2.23. The third kappa shape index (κ3) is 4.46. The molecular weight excluding hydrogens is 311 g/mol. The van der Waals surface area contributed by atoms with Gasteiger partial charge < -0.3 is 4.74 Å². The third-order valence-corrected chi connectivity index (χ3v) is 3.81. The van der Waals surface area contributed by atoms with Gasteiger partial charge in [-0.15, -0.1) is 13.2 Å². The maximum Gasteiger partial charge on any atom is 0.573 e. The lowest BCUT2D eigenvalue weighted by atomic mass is 10.3. The van der Waals surface area contributed by atoms with E-state index in [2.05, 4.69) is 19.7 Å². The number of benzene rings is 1. The van der Waals surface area contributed by atoms with Crippen molar-refractivity contribution in [1.29, 1.82) is 0 Å². The molecule has 21 heavy (non-hydrogen) atoms. The van der Waals surface area contributed by atoms with Crippen LogP contribution in [0.2, 0.25) is 0 Å². The Morgan fingerprint density at radius 2 is 1.90 bits per heavy atom. The predicted molar refractivity (Wildman–Crippen MR) is 65.7 cm³/mol. The maximum absolute atomic E-state index is 12.0. The van der Waals surface area contributed by atoms with E-state index in [-0.39, 0.29) is 11.4 Å². The van der Waals surface area contributed by atoms with Crippen LogP contribution in [0.1, 0.15) is 5.56 Å². The minimum absolute atomic E-state index is 0.0135. The van der Waals surface area contributed by atoms with Gasteiger partial charge in [0.05, 0.1) is 11.1 Å². The van der Waals surface area contributed by atoms with Crippen LogP contribution >= 0.6 is 0 Å². The van der Waals surface area contributed by atoms with Gasteiger partial charge in [-0.2, -0.15) is 5.10 Å². The van der Waals surface area contributed by atoms with Crippen LogP contribution in [-0.2, 0) is 16.6 Å². The summed E-state index contributed by atoms with van der Waals surface area (Å²) >= 11 is 0. The highest BCUT2D eigenvalue weighted by Crippen LogP contribution is 2.23. The third-order valence-electron chi connectivity index (χ3n) is 2.39. The molecule has 114 valence electrons. The van der Waals surface area contributed by atoms with Crippen LogP contribution in [0.3, 0.4) is 0 Å². The van der Waals surface area contributed by atoms with E-state index >= 15 is 0 Å². The smallest absolute Gasteiger partial charge is 0.406 e. The Balaban J connectivity index is 2.06. The van der Waals surface area contributed by atoms with E-state index in [9.17, 15) is 21.6 Å². The van der Waals surface area contributed by atoms with Crippen molar-refractivity contribution in [2.45, 2.75) is 17.8 Å². The van der Waals surface area contributed by atoms with Gasteiger partial charge in [0.15, 0.2) is 0 Å². The van der Waals surface area contributed by atoms with Crippen molar-refractivity contribution in [3.63, 3.8) is 0 Å². The van der Waals surface area contributed by atoms with Crippen LogP contribution in [0.15, 0.2) is 41.6 Å². The molecule has 0 fully saturated rings. The highest BCUT2D eigenvalue weighted by atomic mass is 32.2. The normalized spacial score (nSPS) is 12.3. The second-order valence-corrected chi connectivity index (χ2v) is 5.72. The summed E-state index contributed by atoms with van der Waals surface area (Å²) in [6.07, 6.45) is -1.86. The zero-order valence-corrected chi connectivity index (χ0v) is 11.2. The molecule has 0 spiro atoms. The number of H-pyrrole nitrogens is 1. The highest BCUT2D eigenvalue weighted by molar-refractivity contribution is 7.89. The van der Waals surface area contributed by atoms with Gasteiger partial charge in [0, 0.05) is 18.3 Å². The van der Waals surface area contributed by atoms with Crippen molar-refractivity contribution in [2.75, 3.05) is 0 Å². The van der Waals surface area contributed by atoms with E-state index < -0.39 is 22.1 Å². The van der Waals surface area contributed by atoms with E-state index in [1.54, 1.807) is 0 Å². The number of rotatable bonds is 5. The van der Waals surface area contributed by atoms with Gasteiger partial charge in [0.25, 0.3) is 0 Å². The summed E-state index contributed by atoms with van der Waals surface area (Å²) < 4.78 is 65.8.